The molecule has 0 fully saturated rings. The highest BCUT2D eigenvalue weighted by atomic mass is 32.2. The summed E-state index contributed by atoms with van der Waals surface area (Å²) in [6.07, 6.45) is 3.68. The van der Waals surface area contributed by atoms with Gasteiger partial charge in [0.15, 0.2) is 16.8 Å². The van der Waals surface area contributed by atoms with E-state index >= 15 is 0 Å². The molecule has 6 heteroatoms. The fourth-order valence-corrected chi connectivity index (χ4v) is 2.64. The van der Waals surface area contributed by atoms with Crippen molar-refractivity contribution in [2.45, 2.75) is 0 Å². The summed E-state index contributed by atoms with van der Waals surface area (Å²) in [4.78, 5) is 20.3. The van der Waals surface area contributed by atoms with Crippen molar-refractivity contribution in [3.8, 4) is 6.19 Å². The summed E-state index contributed by atoms with van der Waals surface area (Å²) in [7, 11) is 0. The maximum atomic E-state index is 12.6. The lowest BCUT2D eigenvalue weighted by atomic mass is 10.1. The van der Waals surface area contributed by atoms with Crippen LogP contribution in [0.5, 0.6) is 0 Å². The van der Waals surface area contributed by atoms with Gasteiger partial charge in [0, 0.05) is 16.3 Å². The lowest BCUT2D eigenvalue weighted by molar-refractivity contribution is 1.28. The molecule has 0 radical (unpaired) electrons. The van der Waals surface area contributed by atoms with Gasteiger partial charge in [-0.15, -0.1) is 0 Å². The molecule has 0 aliphatic carbocycles. The van der Waals surface area contributed by atoms with E-state index in [4.69, 9.17) is 5.26 Å². The van der Waals surface area contributed by atoms with Crippen LogP contribution < -0.4 is 10.7 Å². The summed E-state index contributed by atoms with van der Waals surface area (Å²) in [5.74, 6) is 0. The zero-order valence-corrected chi connectivity index (χ0v) is 12.6. The van der Waals surface area contributed by atoms with E-state index in [1.165, 1.54) is 11.8 Å². The zero-order chi connectivity index (χ0) is 15.5. The maximum Gasteiger partial charge on any atom is 0.197 e. The molecule has 1 aromatic heterocycles. The van der Waals surface area contributed by atoms with Gasteiger partial charge in [0.25, 0.3) is 0 Å². The number of fused-ring (bicyclic) bond motifs is 2. The van der Waals surface area contributed by atoms with Crippen molar-refractivity contribution in [3.05, 3.63) is 52.7 Å². The topological polar surface area (TPSA) is 81.0 Å². The van der Waals surface area contributed by atoms with Gasteiger partial charge in [-0.2, -0.15) is 5.26 Å². The number of para-hydroxylation sites is 2. The predicted octanol–water partition coefficient (Wildman–Crippen LogP) is 3.10. The lowest BCUT2D eigenvalue weighted by Crippen LogP contribution is -2.12. The van der Waals surface area contributed by atoms with Gasteiger partial charge >= 0.3 is 0 Å². The molecule has 0 aliphatic heterocycles. The van der Waals surface area contributed by atoms with Crippen LogP contribution in [0.4, 0.5) is 5.69 Å². The predicted molar refractivity (Wildman–Crippen MR) is 91.4 cm³/mol. The molecular formula is C16H12N4OS. The number of amidine groups is 1. The molecule has 0 saturated carbocycles. The summed E-state index contributed by atoms with van der Waals surface area (Å²) in [6.45, 7) is 0. The molecule has 0 unspecified atom stereocenters. The Bertz CT molecular complexity index is 985. The van der Waals surface area contributed by atoms with Crippen LogP contribution in [0.1, 0.15) is 0 Å². The first kappa shape index (κ1) is 14.2. The average molecular weight is 308 g/mol. The number of nitrogens with zero attached hydrogens (tertiary/aromatic N) is 2. The number of hydrogen-bond donors (Lipinski definition) is 2. The average Bonchev–Trinajstić information content (AvgIpc) is 2.55. The summed E-state index contributed by atoms with van der Waals surface area (Å²) in [5, 5.41) is 13.0. The number of H-pyrrole nitrogens is 1. The van der Waals surface area contributed by atoms with Crippen molar-refractivity contribution in [1.29, 1.82) is 5.26 Å². The number of aliphatic imine (C=N–C) groups is 1. The van der Waals surface area contributed by atoms with Crippen LogP contribution >= 0.6 is 11.8 Å². The highest BCUT2D eigenvalue weighted by Crippen LogP contribution is 2.25. The Morgan fingerprint density at radius 2 is 2.00 bits per heavy atom. The van der Waals surface area contributed by atoms with E-state index in [1.807, 2.05) is 36.7 Å². The molecule has 22 heavy (non-hydrogen) atoms. The van der Waals surface area contributed by atoms with Crippen molar-refractivity contribution in [3.63, 3.8) is 0 Å². The third-order valence-corrected chi connectivity index (χ3v) is 3.88. The largest absolute Gasteiger partial charge is 0.353 e. The highest BCUT2D eigenvalue weighted by molar-refractivity contribution is 8.13. The minimum absolute atomic E-state index is 0.0275. The SMILES string of the molecule is CSC(=Nc1cccc2c(=O)c3ccccc3[nH]c12)NC#N. The number of benzene rings is 2. The van der Waals surface area contributed by atoms with Crippen molar-refractivity contribution >= 4 is 44.4 Å². The first-order chi connectivity index (χ1) is 10.7. The number of nitrogens with one attached hydrogen (secondary N) is 2. The molecule has 2 aromatic carbocycles. The van der Waals surface area contributed by atoms with Crippen molar-refractivity contribution in [2.24, 2.45) is 4.99 Å². The number of aromatic amines is 1. The number of thioether (sulfide) groups is 1. The van der Waals surface area contributed by atoms with Gasteiger partial charge in [-0.05, 0) is 30.5 Å². The van der Waals surface area contributed by atoms with Crippen LogP contribution in [-0.4, -0.2) is 16.4 Å². The smallest absolute Gasteiger partial charge is 0.197 e. The van der Waals surface area contributed by atoms with Gasteiger partial charge in [-0.25, -0.2) is 4.99 Å². The van der Waals surface area contributed by atoms with Crippen molar-refractivity contribution in [1.82, 2.24) is 10.3 Å². The minimum atomic E-state index is -0.0275. The molecule has 0 amide bonds. The van der Waals surface area contributed by atoms with Gasteiger partial charge in [0.2, 0.25) is 0 Å². The standard InChI is InChI=1S/C16H12N4OS/c1-22-16(18-9-17)20-13-8-4-6-11-14(13)19-12-7-3-2-5-10(12)15(11)21/h2-8H,1H3,(H,18,20)(H,19,21). The second-order valence-electron chi connectivity index (χ2n) is 4.56. The van der Waals surface area contributed by atoms with Crippen LogP contribution in [0.25, 0.3) is 21.8 Å². The number of rotatable bonds is 1. The summed E-state index contributed by atoms with van der Waals surface area (Å²) < 4.78 is 0. The molecule has 0 aliphatic rings. The second-order valence-corrected chi connectivity index (χ2v) is 5.35. The Kier molecular flexibility index (Phi) is 3.81. The molecule has 0 bridgehead atoms. The highest BCUT2D eigenvalue weighted by Gasteiger charge is 2.08. The number of aromatic nitrogens is 1. The Morgan fingerprint density at radius 1 is 1.23 bits per heavy atom. The number of nitriles is 1. The monoisotopic (exact) mass is 308 g/mol. The molecule has 0 spiro atoms. The third kappa shape index (κ3) is 2.43. The summed E-state index contributed by atoms with van der Waals surface area (Å²) in [6, 6.07) is 12.7. The normalized spacial score (nSPS) is 11.5. The van der Waals surface area contributed by atoms with E-state index in [2.05, 4.69) is 15.3 Å². The van der Waals surface area contributed by atoms with E-state index < -0.39 is 0 Å². The quantitative estimate of drug-likeness (QED) is 0.238. The third-order valence-electron chi connectivity index (χ3n) is 3.30. The molecule has 0 atom stereocenters. The van der Waals surface area contributed by atoms with Crippen molar-refractivity contribution in [2.75, 3.05) is 6.26 Å². The van der Waals surface area contributed by atoms with E-state index in [1.54, 1.807) is 18.2 Å². The van der Waals surface area contributed by atoms with Crippen LogP contribution in [0, 0.1) is 11.5 Å². The molecule has 108 valence electrons. The van der Waals surface area contributed by atoms with E-state index in [0.29, 0.717) is 27.1 Å². The van der Waals surface area contributed by atoms with Crippen molar-refractivity contribution < 1.29 is 0 Å². The van der Waals surface area contributed by atoms with Crippen LogP contribution in [0.15, 0.2) is 52.3 Å². The molecule has 1 heterocycles. The zero-order valence-electron chi connectivity index (χ0n) is 11.8. The van der Waals surface area contributed by atoms with E-state index in [0.717, 1.165) is 5.52 Å². The Balaban J connectivity index is 2.34. The first-order valence-electron chi connectivity index (χ1n) is 6.56. The van der Waals surface area contributed by atoms with Gasteiger partial charge in [0.05, 0.1) is 11.2 Å². The van der Waals surface area contributed by atoms with Gasteiger partial charge in [-0.3, -0.25) is 10.1 Å². The van der Waals surface area contributed by atoms with Gasteiger partial charge < -0.3 is 4.98 Å². The molecule has 3 rings (SSSR count). The molecular weight excluding hydrogens is 296 g/mol. The Hall–Kier alpha value is -2.78. The molecule has 5 nitrogen and oxygen atoms in total. The van der Waals surface area contributed by atoms with Crippen LogP contribution in [0.3, 0.4) is 0 Å². The second kappa shape index (κ2) is 5.92. The molecule has 3 aromatic rings. The van der Waals surface area contributed by atoms with Crippen LogP contribution in [-0.2, 0) is 0 Å². The van der Waals surface area contributed by atoms with Gasteiger partial charge in [-0.1, -0.05) is 30.0 Å². The Labute approximate surface area is 130 Å². The molecule has 2 N–H and O–H groups in total. The summed E-state index contributed by atoms with van der Waals surface area (Å²) >= 11 is 1.33. The fourth-order valence-electron chi connectivity index (χ4n) is 2.31. The summed E-state index contributed by atoms with van der Waals surface area (Å²) in [5.41, 5.74) is 2.02. The minimum Gasteiger partial charge on any atom is -0.353 e. The van der Waals surface area contributed by atoms with Gasteiger partial charge in [0.1, 0.15) is 0 Å². The van der Waals surface area contributed by atoms with Crippen LogP contribution in [0.2, 0.25) is 0 Å². The maximum absolute atomic E-state index is 12.6. The molecule has 0 saturated heterocycles. The first-order valence-corrected chi connectivity index (χ1v) is 7.78. The lowest BCUT2D eigenvalue weighted by Gasteiger charge is -2.06. The van der Waals surface area contributed by atoms with E-state index in [-0.39, 0.29) is 5.43 Å². The number of pyridine rings is 1. The Morgan fingerprint density at radius 3 is 2.77 bits per heavy atom. The fraction of sp³-hybridized carbons (Fsp3) is 0.0625. The van der Waals surface area contributed by atoms with E-state index in [9.17, 15) is 4.79 Å². The number of hydrogen-bond acceptors (Lipinski definition) is 4.